The topological polar surface area (TPSA) is 91.5 Å². The van der Waals surface area contributed by atoms with Crippen molar-refractivity contribution in [1.29, 1.82) is 0 Å². The number of ether oxygens (including phenoxy) is 3. The molecular weight excluding hydrogens is 344 g/mol. The second-order valence-electron chi connectivity index (χ2n) is 4.94. The van der Waals surface area contributed by atoms with Crippen molar-refractivity contribution in [2.45, 2.75) is 6.42 Å². The van der Waals surface area contributed by atoms with E-state index in [-0.39, 0.29) is 19.1 Å². The summed E-state index contributed by atoms with van der Waals surface area (Å²) in [4.78, 5) is 8.49. The van der Waals surface area contributed by atoms with Crippen molar-refractivity contribution in [1.82, 2.24) is 9.97 Å². The highest BCUT2D eigenvalue weighted by atomic mass is 35.5. The van der Waals surface area contributed by atoms with Gasteiger partial charge in [0, 0.05) is 24.2 Å². The summed E-state index contributed by atoms with van der Waals surface area (Å²) < 4.78 is 15.8. The van der Waals surface area contributed by atoms with Gasteiger partial charge in [0.1, 0.15) is 24.0 Å². The van der Waals surface area contributed by atoms with Crippen LogP contribution in [0.25, 0.3) is 0 Å². The molecule has 0 saturated heterocycles. The molecule has 8 heteroatoms. The molecular formula is C17H23ClN4O3. The van der Waals surface area contributed by atoms with E-state index >= 15 is 0 Å². The maximum absolute atomic E-state index is 6.03. The number of aromatic nitrogens is 2. The molecule has 0 spiro atoms. The summed E-state index contributed by atoms with van der Waals surface area (Å²) in [5.41, 5.74) is 7.82. The van der Waals surface area contributed by atoms with Gasteiger partial charge in [0.25, 0.3) is 0 Å². The Morgan fingerprint density at radius 1 is 1.24 bits per heavy atom. The van der Waals surface area contributed by atoms with Crippen LogP contribution in [0.5, 0.6) is 11.5 Å². The molecule has 7 nitrogen and oxygen atoms in total. The Kier molecular flexibility index (Phi) is 8.52. The monoisotopic (exact) mass is 366 g/mol. The Bertz CT molecular complexity index is 698. The lowest BCUT2D eigenvalue weighted by molar-refractivity contribution is 0.182. The zero-order chi connectivity index (χ0) is 17.4. The van der Waals surface area contributed by atoms with Crippen molar-refractivity contribution in [2.24, 2.45) is 0 Å². The highest BCUT2D eigenvalue weighted by Crippen LogP contribution is 2.27. The molecule has 0 atom stereocenters. The minimum atomic E-state index is 0. The summed E-state index contributed by atoms with van der Waals surface area (Å²) in [5.74, 6) is 2.30. The fourth-order valence-corrected chi connectivity index (χ4v) is 2.10. The molecule has 0 aliphatic rings. The van der Waals surface area contributed by atoms with Crippen LogP contribution < -0.4 is 20.5 Å². The van der Waals surface area contributed by atoms with E-state index in [2.05, 4.69) is 21.9 Å². The van der Waals surface area contributed by atoms with E-state index in [1.807, 2.05) is 18.2 Å². The van der Waals surface area contributed by atoms with Crippen molar-refractivity contribution in [3.8, 4) is 11.5 Å². The number of hydrogen-bond acceptors (Lipinski definition) is 7. The third-order valence-corrected chi connectivity index (χ3v) is 3.34. The molecule has 25 heavy (non-hydrogen) atoms. The maximum atomic E-state index is 6.03. The van der Waals surface area contributed by atoms with Gasteiger partial charge in [-0.1, -0.05) is 12.1 Å². The minimum absolute atomic E-state index is 0. The van der Waals surface area contributed by atoms with Crippen molar-refractivity contribution >= 4 is 24.2 Å². The Hall–Kier alpha value is -2.51. The molecule has 0 fully saturated rings. The average molecular weight is 367 g/mol. The highest BCUT2D eigenvalue weighted by Gasteiger charge is 2.10. The van der Waals surface area contributed by atoms with E-state index < -0.39 is 0 Å². The minimum Gasteiger partial charge on any atom is -0.497 e. The lowest BCUT2D eigenvalue weighted by Gasteiger charge is -2.12. The number of benzene rings is 1. The van der Waals surface area contributed by atoms with Crippen molar-refractivity contribution in [2.75, 3.05) is 38.6 Å². The van der Waals surface area contributed by atoms with Crippen LogP contribution in [0.15, 0.2) is 37.1 Å². The number of nitrogens with one attached hydrogen (secondary N) is 1. The van der Waals surface area contributed by atoms with Crippen LogP contribution in [0, 0.1) is 0 Å². The van der Waals surface area contributed by atoms with Crippen LogP contribution >= 0.6 is 12.4 Å². The lowest BCUT2D eigenvalue weighted by Crippen LogP contribution is -2.11. The summed E-state index contributed by atoms with van der Waals surface area (Å²) in [6.07, 6.45) is 3.93. The summed E-state index contributed by atoms with van der Waals surface area (Å²) in [6.45, 7) is 4.32. The fourth-order valence-electron chi connectivity index (χ4n) is 2.10. The van der Waals surface area contributed by atoms with Crippen molar-refractivity contribution in [3.05, 3.63) is 48.2 Å². The number of rotatable bonds is 9. The number of nitrogens with two attached hydrogens (primary N) is 1. The summed E-state index contributed by atoms with van der Waals surface area (Å²) in [7, 11) is 3.24. The van der Waals surface area contributed by atoms with E-state index in [1.165, 1.54) is 0 Å². The van der Waals surface area contributed by atoms with Crippen LogP contribution in [0.3, 0.4) is 0 Å². The standard InChI is InChI=1S/C17H22N4O3.ClH/c1-4-7-24-11-20-17-19-10-13(16(18)21-17)8-12-5-6-14(22-2)9-15(12)23-3;/h4-6,9-10H,1,7-8,11H2,2-3H3,(H3,18,19,20,21);1H. The SMILES string of the molecule is C=CCOCNc1ncc(Cc2ccc(OC)cc2OC)c(N)n1.Cl. The van der Waals surface area contributed by atoms with Crippen LogP contribution in [-0.4, -0.2) is 37.5 Å². The molecule has 0 amide bonds. The Morgan fingerprint density at radius 2 is 2.04 bits per heavy atom. The molecule has 3 N–H and O–H groups in total. The molecule has 0 aliphatic carbocycles. The number of anilines is 2. The van der Waals surface area contributed by atoms with Crippen LogP contribution in [-0.2, 0) is 11.2 Å². The van der Waals surface area contributed by atoms with Crippen LogP contribution in [0.1, 0.15) is 11.1 Å². The summed E-state index contributed by atoms with van der Waals surface area (Å²) in [6, 6.07) is 5.65. The van der Waals surface area contributed by atoms with Gasteiger partial charge >= 0.3 is 0 Å². The second kappa shape index (κ2) is 10.4. The van der Waals surface area contributed by atoms with Gasteiger partial charge in [-0.15, -0.1) is 19.0 Å². The molecule has 0 saturated carbocycles. The molecule has 2 rings (SSSR count). The summed E-state index contributed by atoms with van der Waals surface area (Å²) >= 11 is 0. The zero-order valence-corrected chi connectivity index (χ0v) is 15.1. The zero-order valence-electron chi connectivity index (χ0n) is 14.3. The summed E-state index contributed by atoms with van der Waals surface area (Å²) in [5, 5.41) is 2.94. The first-order valence-corrected chi connectivity index (χ1v) is 7.42. The quantitative estimate of drug-likeness (QED) is 0.400. The van der Waals surface area contributed by atoms with Crippen LogP contribution in [0.4, 0.5) is 11.8 Å². The van der Waals surface area contributed by atoms with Gasteiger partial charge in [-0.3, -0.25) is 0 Å². The number of nitrogen functional groups attached to an aromatic ring is 1. The van der Waals surface area contributed by atoms with Gasteiger partial charge in [0.2, 0.25) is 5.95 Å². The number of nitrogens with zero attached hydrogens (tertiary/aromatic N) is 2. The Balaban J connectivity index is 0.00000312. The Morgan fingerprint density at radius 3 is 2.68 bits per heavy atom. The van der Waals surface area contributed by atoms with Crippen molar-refractivity contribution < 1.29 is 14.2 Å². The first-order chi connectivity index (χ1) is 11.7. The first-order valence-electron chi connectivity index (χ1n) is 7.42. The third-order valence-electron chi connectivity index (χ3n) is 3.34. The molecule has 136 valence electrons. The Labute approximate surface area is 153 Å². The lowest BCUT2D eigenvalue weighted by atomic mass is 10.1. The smallest absolute Gasteiger partial charge is 0.226 e. The molecule has 0 bridgehead atoms. The number of hydrogen-bond donors (Lipinski definition) is 2. The molecule has 0 radical (unpaired) electrons. The fraction of sp³-hybridized carbons (Fsp3) is 0.294. The predicted molar refractivity (Wildman–Crippen MR) is 101 cm³/mol. The average Bonchev–Trinajstić information content (AvgIpc) is 2.61. The van der Waals surface area contributed by atoms with Gasteiger partial charge < -0.3 is 25.3 Å². The molecule has 0 unspecified atom stereocenters. The van der Waals surface area contributed by atoms with E-state index in [9.17, 15) is 0 Å². The largest absolute Gasteiger partial charge is 0.497 e. The number of methoxy groups -OCH3 is 2. The predicted octanol–water partition coefficient (Wildman–Crippen LogP) is 2.66. The molecule has 2 aromatic rings. The van der Waals surface area contributed by atoms with Gasteiger partial charge in [-0.25, -0.2) is 4.98 Å². The van der Waals surface area contributed by atoms with E-state index in [4.69, 9.17) is 19.9 Å². The van der Waals surface area contributed by atoms with Gasteiger partial charge in [-0.2, -0.15) is 4.98 Å². The second-order valence-corrected chi connectivity index (χ2v) is 4.94. The number of halogens is 1. The van der Waals surface area contributed by atoms with E-state index in [1.54, 1.807) is 26.5 Å². The highest BCUT2D eigenvalue weighted by molar-refractivity contribution is 5.85. The van der Waals surface area contributed by atoms with E-state index in [0.717, 1.165) is 22.6 Å². The molecule has 1 aromatic heterocycles. The van der Waals surface area contributed by atoms with Gasteiger partial charge in [0.05, 0.1) is 20.8 Å². The normalized spacial score (nSPS) is 9.84. The molecule has 1 aromatic carbocycles. The third kappa shape index (κ3) is 5.81. The van der Waals surface area contributed by atoms with Crippen molar-refractivity contribution in [3.63, 3.8) is 0 Å². The first kappa shape index (κ1) is 20.5. The van der Waals surface area contributed by atoms with Crippen LogP contribution in [0.2, 0.25) is 0 Å². The maximum Gasteiger partial charge on any atom is 0.226 e. The van der Waals surface area contributed by atoms with Gasteiger partial charge in [-0.05, 0) is 11.6 Å². The molecule has 0 aliphatic heterocycles. The van der Waals surface area contributed by atoms with Gasteiger partial charge in [0.15, 0.2) is 0 Å². The van der Waals surface area contributed by atoms with E-state index in [0.29, 0.717) is 24.8 Å². The molecule has 1 heterocycles.